The van der Waals surface area contributed by atoms with Gasteiger partial charge in [0, 0.05) is 5.56 Å². The van der Waals surface area contributed by atoms with E-state index in [1.807, 2.05) is 26.0 Å². The van der Waals surface area contributed by atoms with Crippen LogP contribution < -0.4 is 0 Å². The van der Waals surface area contributed by atoms with Crippen molar-refractivity contribution in [2.75, 3.05) is 11.5 Å². The van der Waals surface area contributed by atoms with E-state index in [2.05, 4.69) is 13.0 Å². The van der Waals surface area contributed by atoms with E-state index >= 15 is 0 Å². The fourth-order valence-electron chi connectivity index (χ4n) is 1.53. The highest BCUT2D eigenvalue weighted by molar-refractivity contribution is 7.99. The number of hydrogen-bond acceptors (Lipinski definition) is 2. The molecule has 0 atom stereocenters. The first-order chi connectivity index (χ1) is 7.13. The van der Waals surface area contributed by atoms with Gasteiger partial charge in [0.1, 0.15) is 0 Å². The molecule has 0 aliphatic heterocycles. The second-order valence-corrected chi connectivity index (χ2v) is 4.96. The number of benzene rings is 1. The Labute approximate surface area is 96.3 Å². The van der Waals surface area contributed by atoms with Crippen LogP contribution in [0.3, 0.4) is 0 Å². The number of thioether (sulfide) groups is 1. The third-order valence-electron chi connectivity index (χ3n) is 2.13. The molecule has 2 heteroatoms. The maximum Gasteiger partial charge on any atom is 0.172 e. The number of aryl methyl sites for hydroxylation is 2. The van der Waals surface area contributed by atoms with Crippen LogP contribution in [0.15, 0.2) is 18.2 Å². The van der Waals surface area contributed by atoms with Gasteiger partial charge in [0.05, 0.1) is 5.75 Å². The first-order valence-corrected chi connectivity index (χ1v) is 6.48. The van der Waals surface area contributed by atoms with Gasteiger partial charge in [-0.05, 0) is 38.2 Å². The van der Waals surface area contributed by atoms with Crippen LogP contribution >= 0.6 is 11.8 Å². The van der Waals surface area contributed by atoms with E-state index < -0.39 is 0 Å². The quantitative estimate of drug-likeness (QED) is 0.559. The molecule has 0 amide bonds. The predicted molar refractivity (Wildman–Crippen MR) is 67.9 cm³/mol. The van der Waals surface area contributed by atoms with Gasteiger partial charge in [-0.15, -0.1) is 0 Å². The Morgan fingerprint density at radius 3 is 2.33 bits per heavy atom. The highest BCUT2D eigenvalue weighted by Crippen LogP contribution is 2.12. The average Bonchev–Trinajstić information content (AvgIpc) is 2.16. The standard InChI is InChI=1S/C13H18OS/c1-4-5-15-9-13(14)12-7-10(2)6-11(3)8-12/h6-8H,4-5,9H2,1-3H3. The molecule has 0 saturated carbocycles. The van der Waals surface area contributed by atoms with E-state index in [-0.39, 0.29) is 5.78 Å². The van der Waals surface area contributed by atoms with E-state index in [9.17, 15) is 4.79 Å². The van der Waals surface area contributed by atoms with Crippen molar-refractivity contribution in [1.82, 2.24) is 0 Å². The minimum absolute atomic E-state index is 0.250. The lowest BCUT2D eigenvalue weighted by Crippen LogP contribution is -2.03. The Hall–Kier alpha value is -0.760. The molecule has 0 radical (unpaired) electrons. The van der Waals surface area contributed by atoms with Crippen LogP contribution in [0.5, 0.6) is 0 Å². The maximum atomic E-state index is 11.8. The molecule has 82 valence electrons. The number of Topliss-reactive ketones (excluding diaryl/α,β-unsaturated/α-hetero) is 1. The van der Waals surface area contributed by atoms with E-state index in [1.165, 1.54) is 11.1 Å². The van der Waals surface area contributed by atoms with E-state index in [0.29, 0.717) is 5.75 Å². The lowest BCUT2D eigenvalue weighted by atomic mass is 10.1. The molecule has 1 nitrogen and oxygen atoms in total. The van der Waals surface area contributed by atoms with Crippen molar-refractivity contribution in [2.45, 2.75) is 27.2 Å². The summed E-state index contributed by atoms with van der Waals surface area (Å²) < 4.78 is 0. The van der Waals surface area contributed by atoms with Gasteiger partial charge in [0.15, 0.2) is 5.78 Å². The fourth-order valence-corrected chi connectivity index (χ4v) is 2.31. The topological polar surface area (TPSA) is 17.1 Å². The molecule has 0 aliphatic rings. The number of carbonyl (C=O) groups is 1. The van der Waals surface area contributed by atoms with Crippen molar-refractivity contribution in [3.63, 3.8) is 0 Å². The SMILES string of the molecule is CCCSCC(=O)c1cc(C)cc(C)c1. The normalized spacial score (nSPS) is 10.3. The van der Waals surface area contributed by atoms with Gasteiger partial charge in [-0.2, -0.15) is 11.8 Å². The Bertz CT molecular complexity index is 324. The molecule has 1 rings (SSSR count). The highest BCUT2D eigenvalue weighted by Gasteiger charge is 2.06. The van der Waals surface area contributed by atoms with Crippen molar-refractivity contribution in [1.29, 1.82) is 0 Å². The Morgan fingerprint density at radius 1 is 1.20 bits per heavy atom. The average molecular weight is 222 g/mol. The summed E-state index contributed by atoms with van der Waals surface area (Å²) in [4.78, 5) is 11.8. The Balaban J connectivity index is 2.65. The smallest absolute Gasteiger partial charge is 0.172 e. The summed E-state index contributed by atoms with van der Waals surface area (Å²) in [5.41, 5.74) is 3.19. The van der Waals surface area contributed by atoms with E-state index in [4.69, 9.17) is 0 Å². The predicted octanol–water partition coefficient (Wildman–Crippen LogP) is 3.63. The Kier molecular flexibility index (Phi) is 4.89. The molecule has 0 bridgehead atoms. The second kappa shape index (κ2) is 5.96. The number of hydrogen-bond donors (Lipinski definition) is 0. The Morgan fingerprint density at radius 2 is 1.80 bits per heavy atom. The van der Waals surface area contributed by atoms with Gasteiger partial charge in [0.2, 0.25) is 0 Å². The molecule has 0 N–H and O–H groups in total. The molecule has 15 heavy (non-hydrogen) atoms. The molecule has 0 aromatic heterocycles. The third-order valence-corrected chi connectivity index (χ3v) is 3.29. The van der Waals surface area contributed by atoms with Crippen molar-refractivity contribution >= 4 is 17.5 Å². The minimum atomic E-state index is 0.250. The summed E-state index contributed by atoms with van der Waals surface area (Å²) in [6.45, 7) is 6.19. The maximum absolute atomic E-state index is 11.8. The van der Waals surface area contributed by atoms with Gasteiger partial charge in [-0.3, -0.25) is 4.79 Å². The summed E-state index contributed by atoms with van der Waals surface area (Å²) in [5.74, 6) is 1.92. The van der Waals surface area contributed by atoms with Gasteiger partial charge in [-0.25, -0.2) is 0 Å². The summed E-state index contributed by atoms with van der Waals surface area (Å²) in [5, 5.41) is 0. The summed E-state index contributed by atoms with van der Waals surface area (Å²) in [7, 11) is 0. The lowest BCUT2D eigenvalue weighted by Gasteiger charge is -2.03. The van der Waals surface area contributed by atoms with Gasteiger partial charge in [-0.1, -0.05) is 24.1 Å². The first kappa shape index (κ1) is 12.3. The molecule has 0 heterocycles. The molecule has 0 unspecified atom stereocenters. The van der Waals surface area contributed by atoms with Crippen LogP contribution in [0, 0.1) is 13.8 Å². The zero-order chi connectivity index (χ0) is 11.3. The van der Waals surface area contributed by atoms with Gasteiger partial charge in [0.25, 0.3) is 0 Å². The van der Waals surface area contributed by atoms with Crippen LogP contribution in [0.2, 0.25) is 0 Å². The van der Waals surface area contributed by atoms with Crippen LogP contribution in [0.1, 0.15) is 34.8 Å². The van der Waals surface area contributed by atoms with Gasteiger partial charge >= 0.3 is 0 Å². The summed E-state index contributed by atoms with van der Waals surface area (Å²) in [6.07, 6.45) is 1.13. The molecule has 0 saturated heterocycles. The summed E-state index contributed by atoms with van der Waals surface area (Å²) >= 11 is 1.72. The zero-order valence-electron chi connectivity index (χ0n) is 9.67. The van der Waals surface area contributed by atoms with Crippen LogP contribution in [-0.2, 0) is 0 Å². The van der Waals surface area contributed by atoms with Crippen molar-refractivity contribution in [3.05, 3.63) is 34.9 Å². The first-order valence-electron chi connectivity index (χ1n) is 5.32. The molecule has 0 fully saturated rings. The molecule has 1 aromatic rings. The van der Waals surface area contributed by atoms with Gasteiger partial charge < -0.3 is 0 Å². The van der Waals surface area contributed by atoms with Crippen LogP contribution in [-0.4, -0.2) is 17.3 Å². The summed E-state index contributed by atoms with van der Waals surface area (Å²) in [6, 6.07) is 6.04. The highest BCUT2D eigenvalue weighted by atomic mass is 32.2. The van der Waals surface area contributed by atoms with Crippen molar-refractivity contribution < 1.29 is 4.79 Å². The third kappa shape index (κ3) is 4.08. The monoisotopic (exact) mass is 222 g/mol. The largest absolute Gasteiger partial charge is 0.293 e. The van der Waals surface area contributed by atoms with Crippen LogP contribution in [0.25, 0.3) is 0 Å². The van der Waals surface area contributed by atoms with Crippen LogP contribution in [0.4, 0.5) is 0 Å². The molecule has 1 aromatic carbocycles. The fraction of sp³-hybridized carbons (Fsp3) is 0.462. The second-order valence-electron chi connectivity index (χ2n) is 3.85. The minimum Gasteiger partial charge on any atom is -0.293 e. The number of ketones is 1. The van der Waals surface area contributed by atoms with Crippen molar-refractivity contribution in [3.8, 4) is 0 Å². The number of rotatable bonds is 5. The molecule has 0 spiro atoms. The molecule has 0 aliphatic carbocycles. The van der Waals surface area contributed by atoms with E-state index in [1.54, 1.807) is 11.8 Å². The number of carbonyl (C=O) groups excluding carboxylic acids is 1. The molecular formula is C13H18OS. The van der Waals surface area contributed by atoms with E-state index in [0.717, 1.165) is 17.7 Å². The zero-order valence-corrected chi connectivity index (χ0v) is 10.5. The molecular weight excluding hydrogens is 204 g/mol. The lowest BCUT2D eigenvalue weighted by molar-refractivity contribution is 0.102. The van der Waals surface area contributed by atoms with Crippen molar-refractivity contribution in [2.24, 2.45) is 0 Å².